The molecule has 0 aromatic heterocycles. The molecule has 21 nitrogen and oxygen atoms in total. The van der Waals surface area contributed by atoms with Gasteiger partial charge in [-0.05, 0) is 110 Å². The molecule has 1 unspecified atom stereocenters. The van der Waals surface area contributed by atoms with Gasteiger partial charge in [0.15, 0.2) is 16.3 Å². The summed E-state index contributed by atoms with van der Waals surface area (Å²) in [5.74, 6) is -1.79. The Hall–Kier alpha value is -7.45. The molecule has 9 N–H and O–H groups in total. The van der Waals surface area contributed by atoms with E-state index in [1.54, 1.807) is 29.2 Å². The minimum absolute atomic E-state index is 0.0183. The van der Waals surface area contributed by atoms with E-state index in [-0.39, 0.29) is 66.9 Å². The van der Waals surface area contributed by atoms with E-state index in [0.717, 1.165) is 35.8 Å². The third kappa shape index (κ3) is 17.9. The summed E-state index contributed by atoms with van der Waals surface area (Å²) < 4.78 is 57.3. The molecule has 1 aliphatic carbocycles. The number of fused-ring (bicyclic) bond motifs is 2. The second-order valence-corrected chi connectivity index (χ2v) is 20.1. The lowest BCUT2D eigenvalue weighted by Crippen LogP contribution is -2.46. The SMILES string of the molecule is Cc1ccc2c(-c3ccc(NC(=S)NCCCCCCNC(=O)CN(CCN(CC(=O)O)CC(=O)Nc4ccc(NS(=O)O)cc4)CC(=O)Cc4ccc(S(N)(=O)=O)cc4)cc3OC=O)c3ccc(=O)cc-3oc2c1. The molecule has 0 radical (unpaired) electrons. The van der Waals surface area contributed by atoms with Gasteiger partial charge in [-0.1, -0.05) is 37.1 Å². The number of anilines is 3. The second kappa shape index (κ2) is 27.2. The second-order valence-electron chi connectivity index (χ2n) is 17.4. The number of primary sulfonamides is 1. The van der Waals surface area contributed by atoms with Crippen molar-refractivity contribution >= 4 is 96.7 Å². The summed E-state index contributed by atoms with van der Waals surface area (Å²) in [5.41, 5.74) is 5.09. The maximum Gasteiger partial charge on any atom is 0.317 e. The van der Waals surface area contributed by atoms with Gasteiger partial charge in [0.25, 0.3) is 17.7 Å². The zero-order valence-corrected chi connectivity index (χ0v) is 43.1. The Morgan fingerprint density at radius 3 is 2.07 bits per heavy atom. The first-order valence-electron chi connectivity index (χ1n) is 23.4. The third-order valence-corrected chi connectivity index (χ3v) is 13.1. The first-order chi connectivity index (χ1) is 35.8. The molecule has 6 rings (SSSR count). The normalized spacial score (nSPS) is 11.8. The Balaban J connectivity index is 0.976. The molecule has 0 spiro atoms. The lowest BCUT2D eigenvalue weighted by Gasteiger charge is -2.26. The van der Waals surface area contributed by atoms with Gasteiger partial charge in [-0.2, -0.15) is 0 Å². The largest absolute Gasteiger partial charge is 0.480 e. The standard InChI is InChI=1S/C51H56N8O13S3/c1-33-6-17-42-45(24-33)72-46-27-38(61)14-19-43(46)50(42)41-18-13-37(26-44(41)71-32-60)56-51(73)54-21-5-3-2-4-20-53-47(63)29-58(28-39(62)25-34-7-15-40(16-8-34)75(52,69)70)22-23-59(31-49(65)66)30-48(64)55-35-9-11-36(12-10-35)57-74(67)68/h6-19,24,26-27,32,57H,2-5,20-23,25,28-31H2,1H3,(H,53,63)(H,55,64)(H,65,66)(H,67,68)(H2,52,69,70)(H2,54,56,73). The van der Waals surface area contributed by atoms with Crippen molar-refractivity contribution in [3.05, 3.63) is 124 Å². The van der Waals surface area contributed by atoms with Gasteiger partial charge in [0.1, 0.15) is 17.1 Å². The Labute approximate surface area is 440 Å². The molecule has 4 aromatic rings. The summed E-state index contributed by atoms with van der Waals surface area (Å²) >= 11 is 3.26. The van der Waals surface area contributed by atoms with Crippen LogP contribution in [0.15, 0.2) is 117 Å². The van der Waals surface area contributed by atoms with Crippen LogP contribution in [0.1, 0.15) is 36.8 Å². The minimum Gasteiger partial charge on any atom is -0.480 e. The fraction of sp³-hybridized carbons (Fsp3) is 0.275. The smallest absolute Gasteiger partial charge is 0.317 e. The molecular weight excluding hydrogens is 1030 g/mol. The molecule has 1 atom stereocenters. The summed E-state index contributed by atoms with van der Waals surface area (Å²) in [6, 6.07) is 27.0. The number of carboxylic acids is 1. The molecule has 24 heteroatoms. The summed E-state index contributed by atoms with van der Waals surface area (Å²) in [4.78, 5) is 78.0. The average molecular weight is 1090 g/mol. The fourth-order valence-corrected chi connectivity index (χ4v) is 9.12. The lowest BCUT2D eigenvalue weighted by atomic mass is 9.92. The molecule has 2 amide bonds. The highest BCUT2D eigenvalue weighted by Gasteiger charge is 2.23. The van der Waals surface area contributed by atoms with Gasteiger partial charge in [0.05, 0.1) is 31.1 Å². The first-order valence-corrected chi connectivity index (χ1v) is 26.5. The number of nitrogens with two attached hydrogens (primary N) is 1. The van der Waals surface area contributed by atoms with E-state index in [9.17, 15) is 46.5 Å². The number of sulfonamides is 1. The number of aryl methyl sites for hydroxylation is 1. The van der Waals surface area contributed by atoms with Gasteiger partial charge in [-0.3, -0.25) is 47.8 Å². The number of hydrogen-bond donors (Lipinski definition) is 8. The van der Waals surface area contributed by atoms with E-state index < -0.39 is 39.7 Å². The number of amides is 2. The number of ether oxygens (including phenoxy) is 1. The predicted molar refractivity (Wildman–Crippen MR) is 288 cm³/mol. The number of ketones is 1. The van der Waals surface area contributed by atoms with E-state index in [1.807, 2.05) is 25.1 Å². The zero-order valence-electron chi connectivity index (χ0n) is 40.7. The van der Waals surface area contributed by atoms with Crippen molar-refractivity contribution in [2.75, 3.05) is 67.7 Å². The summed E-state index contributed by atoms with van der Waals surface area (Å²) in [7, 11) is -3.95. The molecule has 1 aliphatic heterocycles. The van der Waals surface area contributed by atoms with Crippen LogP contribution in [0.5, 0.6) is 5.75 Å². The van der Waals surface area contributed by atoms with Crippen molar-refractivity contribution < 1.29 is 55.4 Å². The number of rotatable bonds is 28. The summed E-state index contributed by atoms with van der Waals surface area (Å²) in [6.45, 7) is 1.85. The average Bonchev–Trinajstić information content (AvgIpc) is 3.33. The van der Waals surface area contributed by atoms with Gasteiger partial charge >= 0.3 is 5.97 Å². The number of hydrogen-bond acceptors (Lipinski definition) is 14. The fourth-order valence-electron chi connectivity index (χ4n) is 8.05. The van der Waals surface area contributed by atoms with E-state index >= 15 is 0 Å². The molecule has 75 heavy (non-hydrogen) atoms. The van der Waals surface area contributed by atoms with Crippen LogP contribution in [0.25, 0.3) is 33.4 Å². The van der Waals surface area contributed by atoms with Crippen LogP contribution in [-0.4, -0.2) is 120 Å². The topological polar surface area (TPSA) is 309 Å². The maximum atomic E-state index is 13.3. The molecule has 0 fully saturated rings. The van der Waals surface area contributed by atoms with Crippen LogP contribution in [0, 0.1) is 6.92 Å². The number of unbranched alkanes of at least 4 members (excludes halogenated alkanes) is 3. The number of carbonyl (C=O) groups is 5. The Morgan fingerprint density at radius 2 is 1.40 bits per heavy atom. The lowest BCUT2D eigenvalue weighted by molar-refractivity contribution is -0.139. The molecule has 0 saturated heterocycles. The highest BCUT2D eigenvalue weighted by atomic mass is 32.2. The van der Waals surface area contributed by atoms with Gasteiger partial charge in [0, 0.05) is 83.9 Å². The highest BCUT2D eigenvalue weighted by molar-refractivity contribution is 7.89. The monoisotopic (exact) mass is 1080 g/mol. The molecule has 0 saturated carbocycles. The van der Waals surface area contributed by atoms with Crippen molar-refractivity contribution in [1.29, 1.82) is 0 Å². The number of aliphatic carboxylic acids is 1. The van der Waals surface area contributed by atoms with Crippen molar-refractivity contribution in [1.82, 2.24) is 20.4 Å². The number of Topliss-reactive ketones (excluding diaryl/α,β-unsaturated/α-hetero) is 1. The van der Waals surface area contributed by atoms with Crippen LogP contribution >= 0.6 is 12.2 Å². The number of carbonyl (C=O) groups excluding carboxylic acids is 4. The highest BCUT2D eigenvalue weighted by Crippen LogP contribution is 2.44. The minimum atomic E-state index is -3.95. The Kier molecular flexibility index (Phi) is 20.6. The molecule has 2 aliphatic rings. The van der Waals surface area contributed by atoms with E-state index in [0.29, 0.717) is 76.2 Å². The van der Waals surface area contributed by atoms with Gasteiger partial charge in [-0.25, -0.2) is 17.8 Å². The number of carboxylic acid groups (broad SMARTS) is 1. The molecular formula is C51H56N8O13S3. The number of thiocarbonyl (C=S) groups is 1. The van der Waals surface area contributed by atoms with Gasteiger partial charge in [0.2, 0.25) is 21.8 Å². The van der Waals surface area contributed by atoms with Crippen LogP contribution < -0.4 is 41.3 Å². The van der Waals surface area contributed by atoms with Crippen molar-refractivity contribution in [3.63, 3.8) is 0 Å². The van der Waals surface area contributed by atoms with Crippen LogP contribution in [0.4, 0.5) is 17.1 Å². The van der Waals surface area contributed by atoms with Crippen molar-refractivity contribution in [2.45, 2.75) is 43.9 Å². The summed E-state index contributed by atoms with van der Waals surface area (Å²) in [5, 5.41) is 27.8. The van der Waals surface area contributed by atoms with E-state index in [2.05, 4.69) is 26.0 Å². The van der Waals surface area contributed by atoms with Crippen molar-refractivity contribution in [3.8, 4) is 28.2 Å². The number of benzene rings is 5. The Bertz CT molecular complexity index is 3190. The third-order valence-electron chi connectivity index (χ3n) is 11.5. The van der Waals surface area contributed by atoms with Crippen LogP contribution in [0.2, 0.25) is 0 Å². The van der Waals surface area contributed by atoms with E-state index in [4.69, 9.17) is 31.1 Å². The van der Waals surface area contributed by atoms with Crippen LogP contribution in [-0.2, 0) is 51.7 Å². The summed E-state index contributed by atoms with van der Waals surface area (Å²) in [6.07, 6.45) is 2.87. The Morgan fingerprint density at radius 1 is 0.760 bits per heavy atom. The van der Waals surface area contributed by atoms with E-state index in [1.165, 1.54) is 65.6 Å². The quantitative estimate of drug-likeness (QED) is 0.0108. The molecule has 396 valence electrons. The van der Waals surface area contributed by atoms with Crippen molar-refractivity contribution in [2.24, 2.45) is 5.14 Å². The molecule has 0 bridgehead atoms. The zero-order chi connectivity index (χ0) is 54.1. The number of nitrogens with zero attached hydrogens (tertiary/aromatic N) is 2. The number of nitrogens with one attached hydrogen (secondary N) is 5. The van der Waals surface area contributed by atoms with Crippen LogP contribution in [0.3, 0.4) is 0 Å². The maximum absolute atomic E-state index is 13.3. The van der Waals surface area contributed by atoms with Gasteiger partial charge < -0.3 is 35.5 Å². The van der Waals surface area contributed by atoms with Gasteiger partial charge in [-0.15, -0.1) is 0 Å². The molecule has 1 heterocycles. The predicted octanol–water partition coefficient (Wildman–Crippen LogP) is 4.71. The first kappa shape index (κ1) is 56.8. The molecule has 4 aromatic carbocycles.